The summed E-state index contributed by atoms with van der Waals surface area (Å²) >= 11 is 5.86. The fourth-order valence-corrected chi connectivity index (χ4v) is 4.19. The van der Waals surface area contributed by atoms with Crippen LogP contribution < -0.4 is 20.3 Å². The molecular formula is C27H23ClN4O4. The summed E-state index contributed by atoms with van der Waals surface area (Å²) in [5.74, 6) is -0.280. The Bertz CT molecular complexity index is 1370. The van der Waals surface area contributed by atoms with Crippen LogP contribution >= 0.6 is 11.6 Å². The lowest BCUT2D eigenvalue weighted by atomic mass is 10.1. The first kappa shape index (κ1) is 23.3. The van der Waals surface area contributed by atoms with Crippen LogP contribution in [0.4, 0.5) is 21.9 Å². The van der Waals surface area contributed by atoms with Crippen molar-refractivity contribution in [1.29, 1.82) is 0 Å². The number of hydrogen-bond donors (Lipinski definition) is 3. The van der Waals surface area contributed by atoms with Crippen LogP contribution in [0.5, 0.6) is 5.75 Å². The third kappa shape index (κ3) is 5.13. The molecule has 9 heteroatoms. The van der Waals surface area contributed by atoms with Crippen molar-refractivity contribution in [3.05, 3.63) is 102 Å². The minimum atomic E-state index is -0.968. The number of carbonyl (C=O) groups is 2. The molecule has 8 nitrogen and oxygen atoms in total. The molecule has 36 heavy (non-hydrogen) atoms. The number of aromatic nitrogens is 1. The molecule has 2 heterocycles. The summed E-state index contributed by atoms with van der Waals surface area (Å²) in [4.78, 5) is 26.1. The second-order valence-corrected chi connectivity index (χ2v) is 8.76. The van der Waals surface area contributed by atoms with E-state index in [1.165, 1.54) is 0 Å². The number of ether oxygens (including phenoxy) is 1. The van der Waals surface area contributed by atoms with E-state index < -0.39 is 5.97 Å². The van der Waals surface area contributed by atoms with Gasteiger partial charge in [-0.2, -0.15) is 0 Å². The van der Waals surface area contributed by atoms with Crippen molar-refractivity contribution in [2.45, 2.75) is 6.10 Å². The zero-order valence-electron chi connectivity index (χ0n) is 19.1. The quantitative estimate of drug-likeness (QED) is 0.299. The molecule has 1 aliphatic heterocycles. The highest BCUT2D eigenvalue weighted by molar-refractivity contribution is 6.30. The molecule has 0 spiro atoms. The van der Waals surface area contributed by atoms with Crippen LogP contribution in [-0.4, -0.2) is 40.9 Å². The maximum absolute atomic E-state index is 12.2. The summed E-state index contributed by atoms with van der Waals surface area (Å²) in [6, 6.07) is 22.7. The lowest BCUT2D eigenvalue weighted by Gasteiger charge is -2.41. The number of urea groups is 1. The molecule has 3 N–H and O–H groups in total. The standard InChI is InChI=1S/C27H23ClN4O4/c28-18-6-8-19(9-7-18)29-27(35)30-20-10-12-21(13-11-20)36-22-16-32(17-22)24-5-3-4-23(26(33)34)25(24)31-14-1-2-15-31/h1-15,22H,16-17H2,(H,33,34)(H2,29,30,35). The van der Waals surface area contributed by atoms with Crippen LogP contribution in [0.1, 0.15) is 10.4 Å². The maximum Gasteiger partial charge on any atom is 0.337 e. The first-order valence-corrected chi connectivity index (χ1v) is 11.7. The van der Waals surface area contributed by atoms with Crippen molar-refractivity contribution in [3.63, 3.8) is 0 Å². The molecule has 0 unspecified atom stereocenters. The minimum Gasteiger partial charge on any atom is -0.487 e. The van der Waals surface area contributed by atoms with Gasteiger partial charge in [0.25, 0.3) is 0 Å². The van der Waals surface area contributed by atoms with E-state index in [1.807, 2.05) is 35.2 Å². The Morgan fingerprint density at radius 2 is 1.47 bits per heavy atom. The number of rotatable bonds is 7. The van der Waals surface area contributed by atoms with Gasteiger partial charge in [-0.25, -0.2) is 9.59 Å². The maximum atomic E-state index is 12.2. The van der Waals surface area contributed by atoms with Gasteiger partial charge in [0.1, 0.15) is 11.9 Å². The summed E-state index contributed by atoms with van der Waals surface area (Å²) in [5, 5.41) is 15.8. The Hall–Kier alpha value is -4.43. The molecule has 0 aliphatic carbocycles. The largest absolute Gasteiger partial charge is 0.487 e. The summed E-state index contributed by atoms with van der Waals surface area (Å²) in [6.07, 6.45) is 3.64. The van der Waals surface area contributed by atoms with Gasteiger partial charge in [-0.3, -0.25) is 0 Å². The van der Waals surface area contributed by atoms with Crippen LogP contribution in [0, 0.1) is 0 Å². The molecule has 1 saturated heterocycles. The average Bonchev–Trinajstić information content (AvgIpc) is 3.38. The molecule has 4 aromatic rings. The van der Waals surface area contributed by atoms with Crippen molar-refractivity contribution >= 4 is 40.7 Å². The second kappa shape index (κ2) is 10.1. The van der Waals surface area contributed by atoms with Crippen LogP contribution in [0.25, 0.3) is 5.69 Å². The van der Waals surface area contributed by atoms with Crippen LogP contribution in [-0.2, 0) is 0 Å². The molecule has 0 radical (unpaired) electrons. The Kier molecular flexibility index (Phi) is 6.51. The zero-order valence-corrected chi connectivity index (χ0v) is 19.9. The van der Waals surface area contributed by atoms with Gasteiger partial charge < -0.3 is 29.9 Å². The van der Waals surface area contributed by atoms with Gasteiger partial charge >= 0.3 is 12.0 Å². The highest BCUT2D eigenvalue weighted by Crippen LogP contribution is 2.32. The van der Waals surface area contributed by atoms with Gasteiger partial charge in [0, 0.05) is 28.8 Å². The molecule has 0 atom stereocenters. The zero-order chi connectivity index (χ0) is 25.1. The van der Waals surface area contributed by atoms with Gasteiger partial charge in [-0.1, -0.05) is 17.7 Å². The number of carbonyl (C=O) groups excluding carboxylic acids is 1. The SMILES string of the molecule is O=C(Nc1ccc(Cl)cc1)Nc1ccc(OC2CN(c3cccc(C(=O)O)c3-n3cccc3)C2)cc1. The van der Waals surface area contributed by atoms with E-state index in [1.54, 1.807) is 60.7 Å². The van der Waals surface area contributed by atoms with E-state index in [-0.39, 0.29) is 17.7 Å². The predicted octanol–water partition coefficient (Wildman–Crippen LogP) is 5.74. The molecule has 2 amide bonds. The Morgan fingerprint density at radius 1 is 0.861 bits per heavy atom. The third-order valence-corrected chi connectivity index (χ3v) is 6.07. The lowest BCUT2D eigenvalue weighted by molar-refractivity contribution is 0.0697. The predicted molar refractivity (Wildman–Crippen MR) is 140 cm³/mol. The van der Waals surface area contributed by atoms with Gasteiger partial charge in [-0.15, -0.1) is 0 Å². The Balaban J connectivity index is 1.18. The second-order valence-electron chi connectivity index (χ2n) is 8.32. The van der Waals surface area contributed by atoms with Crippen molar-refractivity contribution in [1.82, 2.24) is 4.57 Å². The summed E-state index contributed by atoms with van der Waals surface area (Å²) in [6.45, 7) is 1.25. The molecule has 0 saturated carbocycles. The van der Waals surface area contributed by atoms with Crippen molar-refractivity contribution in [2.24, 2.45) is 0 Å². The van der Waals surface area contributed by atoms with E-state index in [2.05, 4.69) is 15.5 Å². The van der Waals surface area contributed by atoms with E-state index in [0.29, 0.717) is 40.9 Å². The van der Waals surface area contributed by atoms with Gasteiger partial charge in [0.2, 0.25) is 0 Å². The van der Waals surface area contributed by atoms with Gasteiger partial charge in [-0.05, 0) is 72.8 Å². The van der Waals surface area contributed by atoms with E-state index in [9.17, 15) is 14.7 Å². The highest BCUT2D eigenvalue weighted by atomic mass is 35.5. The molecule has 182 valence electrons. The number of amides is 2. The summed E-state index contributed by atoms with van der Waals surface area (Å²) in [5.41, 5.74) is 3.00. The Labute approximate surface area is 212 Å². The number of hydrogen-bond acceptors (Lipinski definition) is 4. The number of carboxylic acid groups (broad SMARTS) is 1. The number of carboxylic acids is 1. The highest BCUT2D eigenvalue weighted by Gasteiger charge is 2.31. The normalized spacial score (nSPS) is 13.1. The number of para-hydroxylation sites is 1. The molecular weight excluding hydrogens is 480 g/mol. The molecule has 0 bridgehead atoms. The number of nitrogens with one attached hydrogen (secondary N) is 2. The molecule has 1 fully saturated rings. The third-order valence-electron chi connectivity index (χ3n) is 5.81. The van der Waals surface area contributed by atoms with Crippen LogP contribution in [0.3, 0.4) is 0 Å². The number of benzene rings is 3. The first-order valence-electron chi connectivity index (χ1n) is 11.3. The fourth-order valence-electron chi connectivity index (χ4n) is 4.06. The minimum absolute atomic E-state index is 0.0389. The first-order chi connectivity index (χ1) is 17.5. The van der Waals surface area contributed by atoms with Crippen molar-refractivity contribution < 1.29 is 19.4 Å². The van der Waals surface area contributed by atoms with Gasteiger partial charge in [0.15, 0.2) is 0 Å². The number of aromatic carboxylic acids is 1. The molecule has 5 rings (SSSR count). The smallest absolute Gasteiger partial charge is 0.337 e. The van der Waals surface area contributed by atoms with E-state index >= 15 is 0 Å². The summed E-state index contributed by atoms with van der Waals surface area (Å²) < 4.78 is 7.89. The van der Waals surface area contributed by atoms with Gasteiger partial charge in [0.05, 0.1) is 30.0 Å². The van der Waals surface area contributed by atoms with E-state index in [4.69, 9.17) is 16.3 Å². The molecule has 1 aromatic heterocycles. The van der Waals surface area contributed by atoms with E-state index in [0.717, 1.165) is 5.69 Å². The molecule has 3 aromatic carbocycles. The number of anilines is 3. The summed E-state index contributed by atoms with van der Waals surface area (Å²) in [7, 11) is 0. The average molecular weight is 503 g/mol. The topological polar surface area (TPSA) is 95.8 Å². The van der Waals surface area contributed by atoms with Crippen LogP contribution in [0.2, 0.25) is 5.02 Å². The lowest BCUT2D eigenvalue weighted by Crippen LogP contribution is -2.54. The van der Waals surface area contributed by atoms with Crippen LogP contribution in [0.15, 0.2) is 91.3 Å². The fraction of sp³-hybridized carbons (Fsp3) is 0.111. The van der Waals surface area contributed by atoms with Crippen molar-refractivity contribution in [2.75, 3.05) is 28.6 Å². The Morgan fingerprint density at radius 3 is 2.08 bits per heavy atom. The number of halogens is 1. The monoisotopic (exact) mass is 502 g/mol. The molecule has 1 aliphatic rings. The number of nitrogens with zero attached hydrogens (tertiary/aromatic N) is 2. The van der Waals surface area contributed by atoms with Crippen molar-refractivity contribution in [3.8, 4) is 11.4 Å².